The molecule has 0 spiro atoms. The van der Waals surface area contributed by atoms with Gasteiger partial charge in [-0.3, -0.25) is 14.4 Å². The Morgan fingerprint density at radius 2 is 1.78 bits per heavy atom. The van der Waals surface area contributed by atoms with Crippen LogP contribution in [0.25, 0.3) is 0 Å². The number of carbonyl (C=O) groups is 3. The zero-order valence-corrected chi connectivity index (χ0v) is 21.1. The van der Waals surface area contributed by atoms with Crippen molar-refractivity contribution >= 4 is 29.5 Å². The molecule has 10 nitrogen and oxygen atoms in total. The van der Waals surface area contributed by atoms with Gasteiger partial charge in [-0.05, 0) is 32.3 Å². The maximum Gasteiger partial charge on any atom is 0.303 e. The van der Waals surface area contributed by atoms with Gasteiger partial charge in [-0.15, -0.1) is 0 Å². The first kappa shape index (κ1) is 25.4. The van der Waals surface area contributed by atoms with Gasteiger partial charge in [-0.1, -0.05) is 30.3 Å². The van der Waals surface area contributed by atoms with E-state index >= 15 is 0 Å². The van der Waals surface area contributed by atoms with Crippen molar-refractivity contribution in [2.45, 2.75) is 58.7 Å². The Labute approximate surface area is 211 Å². The van der Waals surface area contributed by atoms with Crippen LogP contribution in [0.15, 0.2) is 30.3 Å². The highest BCUT2D eigenvalue weighted by atomic mass is 16.4. The molecule has 1 saturated heterocycles. The molecule has 1 atom stereocenters. The van der Waals surface area contributed by atoms with Crippen LogP contribution >= 0.6 is 0 Å². The summed E-state index contributed by atoms with van der Waals surface area (Å²) in [5.74, 6) is 0.0888. The first-order valence-corrected chi connectivity index (χ1v) is 12.5. The molecule has 1 aromatic carbocycles. The molecule has 0 radical (unpaired) electrons. The Morgan fingerprint density at radius 1 is 1.08 bits per heavy atom. The minimum Gasteiger partial charge on any atom is -0.481 e. The average Bonchev–Trinajstić information content (AvgIpc) is 3.20. The second-order valence-electron chi connectivity index (χ2n) is 9.68. The molecule has 2 amide bonds. The van der Waals surface area contributed by atoms with Crippen molar-refractivity contribution in [3.05, 3.63) is 47.2 Å². The molecule has 0 bridgehead atoms. The van der Waals surface area contributed by atoms with E-state index in [9.17, 15) is 19.5 Å². The molecule has 0 aliphatic carbocycles. The molecule has 4 rings (SSSR count). The van der Waals surface area contributed by atoms with Crippen LogP contribution in [0, 0.1) is 0 Å². The smallest absolute Gasteiger partial charge is 0.303 e. The van der Waals surface area contributed by atoms with Crippen LogP contribution in [0.5, 0.6) is 0 Å². The number of piperazine rings is 1. The van der Waals surface area contributed by atoms with Gasteiger partial charge >= 0.3 is 5.97 Å². The summed E-state index contributed by atoms with van der Waals surface area (Å²) in [4.78, 5) is 51.4. The van der Waals surface area contributed by atoms with E-state index in [1.165, 1.54) is 0 Å². The molecule has 2 aromatic rings. The lowest BCUT2D eigenvalue weighted by Gasteiger charge is -2.34. The van der Waals surface area contributed by atoms with E-state index in [0.717, 1.165) is 11.1 Å². The van der Waals surface area contributed by atoms with Gasteiger partial charge in [0.15, 0.2) is 0 Å². The Balaban J connectivity index is 1.65. The van der Waals surface area contributed by atoms with E-state index in [4.69, 9.17) is 4.98 Å². The van der Waals surface area contributed by atoms with Crippen LogP contribution in [0.3, 0.4) is 0 Å². The van der Waals surface area contributed by atoms with Gasteiger partial charge in [0.25, 0.3) is 5.91 Å². The fraction of sp³-hybridized carbons (Fsp3) is 0.500. The maximum absolute atomic E-state index is 13.2. The number of nitrogens with one attached hydrogen (secondary N) is 1. The molecule has 3 heterocycles. The van der Waals surface area contributed by atoms with Crippen LogP contribution in [0.1, 0.15) is 55.2 Å². The molecular weight excluding hydrogens is 460 g/mol. The van der Waals surface area contributed by atoms with Crippen LogP contribution in [0.2, 0.25) is 0 Å². The predicted octanol–water partition coefficient (Wildman–Crippen LogP) is 2.40. The Bertz CT molecular complexity index is 1110. The van der Waals surface area contributed by atoms with Crippen molar-refractivity contribution in [2.75, 3.05) is 36.4 Å². The summed E-state index contributed by atoms with van der Waals surface area (Å²) < 4.78 is 0. The molecule has 2 aliphatic heterocycles. The van der Waals surface area contributed by atoms with E-state index in [1.807, 2.05) is 49.1 Å². The average molecular weight is 495 g/mol. The number of carbonyl (C=O) groups excluding carboxylic acids is 2. The van der Waals surface area contributed by atoms with Gasteiger partial charge in [0.2, 0.25) is 11.9 Å². The number of carboxylic acid groups (broad SMARTS) is 1. The summed E-state index contributed by atoms with van der Waals surface area (Å²) in [5, 5.41) is 12.8. The topological polar surface area (TPSA) is 119 Å². The minimum atomic E-state index is -0.854. The molecule has 192 valence electrons. The van der Waals surface area contributed by atoms with Crippen LogP contribution in [-0.2, 0) is 22.6 Å². The van der Waals surface area contributed by atoms with Gasteiger partial charge in [-0.2, -0.15) is 4.98 Å². The summed E-state index contributed by atoms with van der Waals surface area (Å²) >= 11 is 0. The van der Waals surface area contributed by atoms with Crippen molar-refractivity contribution in [1.82, 2.24) is 19.8 Å². The molecule has 2 N–H and O–H groups in total. The highest BCUT2D eigenvalue weighted by molar-refractivity contribution is 5.98. The van der Waals surface area contributed by atoms with Crippen molar-refractivity contribution in [3.63, 3.8) is 0 Å². The number of benzene rings is 1. The van der Waals surface area contributed by atoms with Gasteiger partial charge < -0.3 is 25.1 Å². The summed E-state index contributed by atoms with van der Waals surface area (Å²) in [7, 11) is 0. The molecule has 1 aromatic heterocycles. The number of carboxylic acids is 1. The van der Waals surface area contributed by atoms with Crippen molar-refractivity contribution in [3.8, 4) is 0 Å². The summed E-state index contributed by atoms with van der Waals surface area (Å²) in [5.41, 5.74) is 2.22. The molecule has 0 saturated carbocycles. The zero-order valence-electron chi connectivity index (χ0n) is 21.1. The first-order valence-electron chi connectivity index (χ1n) is 12.5. The maximum atomic E-state index is 13.2. The number of rotatable bonds is 9. The first-order chi connectivity index (χ1) is 17.2. The summed E-state index contributed by atoms with van der Waals surface area (Å²) in [6.45, 7) is 8.20. The van der Waals surface area contributed by atoms with Crippen molar-refractivity contribution in [2.24, 2.45) is 0 Å². The standard InChI is InChI=1S/C26H34N6O4/c1-17(2)32-16-21-23(25(32)36)28-26(31-13-11-30(12-14-31)18(3)33)29-24(21)27-20(9-10-22(34)35)15-19-7-5-4-6-8-19/h4-8,17,20H,9-16H2,1-3H3,(H,34,35)(H,27,28,29)/t20-/m1/s1. The normalized spacial score (nSPS) is 16.3. The number of fused-ring (bicyclic) bond motifs is 1. The van der Waals surface area contributed by atoms with Gasteiger partial charge in [0, 0.05) is 57.2 Å². The van der Waals surface area contributed by atoms with Crippen molar-refractivity contribution < 1.29 is 19.5 Å². The molecule has 2 aliphatic rings. The summed E-state index contributed by atoms with van der Waals surface area (Å²) in [6, 6.07) is 9.73. The minimum absolute atomic E-state index is 0.00855. The van der Waals surface area contributed by atoms with Crippen LogP contribution < -0.4 is 10.2 Å². The van der Waals surface area contributed by atoms with E-state index < -0.39 is 5.97 Å². The van der Waals surface area contributed by atoms with E-state index in [-0.39, 0.29) is 30.3 Å². The fourth-order valence-corrected chi connectivity index (χ4v) is 4.69. The molecule has 1 fully saturated rings. The van der Waals surface area contributed by atoms with Gasteiger partial charge in [0.05, 0.1) is 6.54 Å². The van der Waals surface area contributed by atoms with Crippen molar-refractivity contribution in [1.29, 1.82) is 0 Å². The number of anilines is 2. The lowest BCUT2D eigenvalue weighted by Crippen LogP contribution is -2.48. The lowest BCUT2D eigenvalue weighted by atomic mass is 10.0. The van der Waals surface area contributed by atoms with Crippen LogP contribution in [0.4, 0.5) is 11.8 Å². The number of aromatic nitrogens is 2. The van der Waals surface area contributed by atoms with Crippen LogP contribution in [-0.4, -0.2) is 80.9 Å². The Hall–Kier alpha value is -3.69. The number of aliphatic carboxylic acids is 1. The number of amides is 2. The third-order valence-electron chi connectivity index (χ3n) is 6.79. The third-order valence-corrected chi connectivity index (χ3v) is 6.79. The SMILES string of the molecule is CC(=O)N1CCN(c2nc(N[C@H](CCC(=O)O)Cc3ccccc3)c3c(n2)C(=O)N(C(C)C)C3)CC1. The fourth-order valence-electron chi connectivity index (χ4n) is 4.69. The molecule has 36 heavy (non-hydrogen) atoms. The molecular formula is C26H34N6O4. The number of hydrogen-bond acceptors (Lipinski definition) is 7. The Kier molecular flexibility index (Phi) is 7.71. The molecule has 10 heteroatoms. The quantitative estimate of drug-likeness (QED) is 0.546. The van der Waals surface area contributed by atoms with E-state index in [1.54, 1.807) is 16.7 Å². The van der Waals surface area contributed by atoms with E-state index in [0.29, 0.717) is 63.0 Å². The largest absolute Gasteiger partial charge is 0.481 e. The summed E-state index contributed by atoms with van der Waals surface area (Å²) in [6.07, 6.45) is 1.06. The number of hydrogen-bond donors (Lipinski definition) is 2. The second-order valence-corrected chi connectivity index (χ2v) is 9.68. The van der Waals surface area contributed by atoms with Gasteiger partial charge in [0.1, 0.15) is 11.5 Å². The monoisotopic (exact) mass is 494 g/mol. The highest BCUT2D eigenvalue weighted by Gasteiger charge is 2.35. The van der Waals surface area contributed by atoms with Gasteiger partial charge in [-0.25, -0.2) is 4.98 Å². The predicted molar refractivity (Wildman–Crippen MR) is 136 cm³/mol. The second kappa shape index (κ2) is 10.9. The highest BCUT2D eigenvalue weighted by Crippen LogP contribution is 2.31. The lowest BCUT2D eigenvalue weighted by molar-refractivity contribution is -0.137. The third kappa shape index (κ3) is 5.75. The zero-order chi connectivity index (χ0) is 25.8. The molecule has 0 unspecified atom stereocenters. The Morgan fingerprint density at radius 3 is 2.39 bits per heavy atom. The van der Waals surface area contributed by atoms with E-state index in [2.05, 4.69) is 10.3 Å². The number of nitrogens with zero attached hydrogens (tertiary/aromatic N) is 5.